The molecule has 4 nitrogen and oxygen atoms in total. The lowest BCUT2D eigenvalue weighted by Gasteiger charge is -2.30. The molecule has 1 aliphatic heterocycles. The van der Waals surface area contributed by atoms with Gasteiger partial charge in [-0.2, -0.15) is 0 Å². The first-order valence-electron chi connectivity index (χ1n) is 7.96. The van der Waals surface area contributed by atoms with Crippen LogP contribution in [0, 0.1) is 0 Å². The average Bonchev–Trinajstić information content (AvgIpc) is 2.65. The van der Waals surface area contributed by atoms with E-state index in [1.54, 1.807) is 13.4 Å². The standard InChI is InChI=1S/C17H27NO3S/c1-4-21-17-12-15-13-18(9-5-11-22(3)19)10-8-14(15)6-7-16(17)20-2/h6,12H,4-5,7-11,13H2,1-3H3. The summed E-state index contributed by atoms with van der Waals surface area (Å²) in [5.74, 6) is 2.56. The number of likely N-dealkylation sites (tertiary alicyclic amines) is 1. The normalized spacial score (nSPS) is 20.7. The summed E-state index contributed by atoms with van der Waals surface area (Å²) in [7, 11) is 1.71. The fourth-order valence-electron chi connectivity index (χ4n) is 2.93. The number of rotatable bonds is 7. The summed E-state index contributed by atoms with van der Waals surface area (Å²) in [6.45, 7) is 5.67. The second-order valence-corrected chi connectivity index (χ2v) is 7.24. The summed E-state index contributed by atoms with van der Waals surface area (Å²) in [4.78, 5) is 2.44. The van der Waals surface area contributed by atoms with E-state index in [1.807, 2.05) is 6.92 Å². The van der Waals surface area contributed by atoms with Crippen molar-refractivity contribution in [2.45, 2.75) is 26.2 Å². The Hall–Kier alpha value is -0.910. The molecule has 0 N–H and O–H groups in total. The molecular weight excluding hydrogens is 298 g/mol. The van der Waals surface area contributed by atoms with Crippen molar-refractivity contribution in [3.63, 3.8) is 0 Å². The molecule has 2 aliphatic rings. The van der Waals surface area contributed by atoms with Crippen molar-refractivity contribution < 1.29 is 14.0 Å². The third kappa shape index (κ3) is 4.80. The minimum absolute atomic E-state index is 0.646. The van der Waals surface area contributed by atoms with Crippen LogP contribution in [0.25, 0.3) is 0 Å². The summed E-state index contributed by atoms with van der Waals surface area (Å²) in [6, 6.07) is 0. The van der Waals surface area contributed by atoms with Gasteiger partial charge in [-0.25, -0.2) is 0 Å². The van der Waals surface area contributed by atoms with E-state index in [4.69, 9.17) is 9.47 Å². The highest BCUT2D eigenvalue weighted by molar-refractivity contribution is 7.90. The SMILES string of the molecule is CCOC1=C(OC)CC=C2CCN(CCC[S+](C)[O-])CC2=C1. The van der Waals surface area contributed by atoms with Crippen LogP contribution in [-0.2, 0) is 20.6 Å². The smallest absolute Gasteiger partial charge is 0.157 e. The number of allylic oxidation sites excluding steroid dienone is 2. The van der Waals surface area contributed by atoms with E-state index < -0.39 is 11.2 Å². The first kappa shape index (κ1) is 17.4. The molecule has 22 heavy (non-hydrogen) atoms. The molecule has 0 aromatic rings. The molecule has 0 spiro atoms. The van der Waals surface area contributed by atoms with Gasteiger partial charge in [0.05, 0.1) is 20.0 Å². The molecule has 0 radical (unpaired) electrons. The molecule has 124 valence electrons. The summed E-state index contributed by atoms with van der Waals surface area (Å²) < 4.78 is 22.4. The Labute approximate surface area is 137 Å². The lowest BCUT2D eigenvalue weighted by molar-refractivity contribution is 0.195. The highest BCUT2D eigenvalue weighted by atomic mass is 32.2. The second kappa shape index (κ2) is 8.65. The van der Waals surface area contributed by atoms with E-state index in [9.17, 15) is 4.55 Å². The van der Waals surface area contributed by atoms with Crippen LogP contribution in [-0.4, -0.2) is 54.8 Å². The zero-order valence-electron chi connectivity index (χ0n) is 13.9. The fraction of sp³-hybridized carbons (Fsp3) is 0.647. The van der Waals surface area contributed by atoms with Crippen molar-refractivity contribution in [3.8, 4) is 0 Å². The van der Waals surface area contributed by atoms with E-state index in [2.05, 4.69) is 17.1 Å². The van der Waals surface area contributed by atoms with Gasteiger partial charge in [-0.15, -0.1) is 0 Å². The largest absolute Gasteiger partial charge is 0.617 e. The van der Waals surface area contributed by atoms with Crippen LogP contribution in [0.5, 0.6) is 0 Å². The summed E-state index contributed by atoms with van der Waals surface area (Å²) >= 11 is -0.692. The van der Waals surface area contributed by atoms with Crippen molar-refractivity contribution in [1.82, 2.24) is 4.90 Å². The molecule has 0 amide bonds. The van der Waals surface area contributed by atoms with E-state index in [0.29, 0.717) is 6.61 Å². The van der Waals surface area contributed by atoms with Crippen LogP contribution in [0.15, 0.2) is 34.8 Å². The predicted molar refractivity (Wildman–Crippen MR) is 91.1 cm³/mol. The molecule has 1 fully saturated rings. The molecule has 1 saturated heterocycles. The molecule has 5 heteroatoms. The van der Waals surface area contributed by atoms with Gasteiger partial charge in [0.2, 0.25) is 0 Å². The molecule has 1 heterocycles. The number of hydrogen-bond donors (Lipinski definition) is 0. The minimum atomic E-state index is -0.692. The molecule has 1 atom stereocenters. The third-order valence-corrected chi connectivity index (χ3v) is 4.93. The predicted octanol–water partition coefficient (Wildman–Crippen LogP) is 2.61. The highest BCUT2D eigenvalue weighted by Gasteiger charge is 2.22. The lowest BCUT2D eigenvalue weighted by Crippen LogP contribution is -2.34. The van der Waals surface area contributed by atoms with Gasteiger partial charge < -0.3 is 14.0 Å². The maximum absolute atomic E-state index is 11.2. The van der Waals surface area contributed by atoms with Crippen molar-refractivity contribution >= 4 is 11.2 Å². The van der Waals surface area contributed by atoms with Crippen LogP contribution in [0.1, 0.15) is 26.2 Å². The number of fused-ring (bicyclic) bond motifs is 1. The van der Waals surface area contributed by atoms with Crippen LogP contribution in [0.2, 0.25) is 0 Å². The zero-order valence-corrected chi connectivity index (χ0v) is 14.7. The van der Waals surface area contributed by atoms with E-state index in [1.165, 1.54) is 11.1 Å². The van der Waals surface area contributed by atoms with Gasteiger partial charge in [0.25, 0.3) is 0 Å². The molecule has 0 saturated carbocycles. The Bertz CT molecular complexity index is 469. The first-order chi connectivity index (χ1) is 10.6. The van der Waals surface area contributed by atoms with E-state index >= 15 is 0 Å². The summed E-state index contributed by atoms with van der Waals surface area (Å²) in [5.41, 5.74) is 2.75. The first-order valence-corrected chi connectivity index (χ1v) is 9.69. The number of methoxy groups -OCH3 is 1. The molecule has 0 aromatic carbocycles. The van der Waals surface area contributed by atoms with Crippen LogP contribution >= 0.6 is 0 Å². The fourth-order valence-corrected chi connectivity index (χ4v) is 3.47. The Balaban J connectivity index is 2.04. The van der Waals surface area contributed by atoms with Crippen molar-refractivity contribution in [2.24, 2.45) is 0 Å². The van der Waals surface area contributed by atoms with Crippen molar-refractivity contribution in [3.05, 3.63) is 34.8 Å². The number of piperidine rings is 1. The Morgan fingerprint density at radius 3 is 2.86 bits per heavy atom. The number of nitrogens with zero attached hydrogens (tertiary/aromatic N) is 1. The van der Waals surface area contributed by atoms with Crippen molar-refractivity contribution in [2.75, 3.05) is 45.4 Å². The maximum Gasteiger partial charge on any atom is 0.157 e. The van der Waals surface area contributed by atoms with Crippen LogP contribution in [0.4, 0.5) is 0 Å². The van der Waals surface area contributed by atoms with Gasteiger partial charge in [0.15, 0.2) is 5.76 Å². The Morgan fingerprint density at radius 2 is 2.18 bits per heavy atom. The number of hydrogen-bond acceptors (Lipinski definition) is 4. The monoisotopic (exact) mass is 325 g/mol. The van der Waals surface area contributed by atoms with Gasteiger partial charge >= 0.3 is 0 Å². The zero-order chi connectivity index (χ0) is 15.9. The van der Waals surface area contributed by atoms with Gasteiger partial charge in [-0.1, -0.05) is 17.3 Å². The molecule has 0 aromatic heterocycles. The third-order valence-electron chi connectivity index (χ3n) is 4.07. The van der Waals surface area contributed by atoms with Gasteiger partial charge in [0.1, 0.15) is 11.5 Å². The van der Waals surface area contributed by atoms with Crippen molar-refractivity contribution in [1.29, 1.82) is 0 Å². The van der Waals surface area contributed by atoms with Crippen LogP contribution in [0.3, 0.4) is 0 Å². The highest BCUT2D eigenvalue weighted by Crippen LogP contribution is 2.29. The molecule has 0 bridgehead atoms. The quantitative estimate of drug-likeness (QED) is 0.675. The van der Waals surface area contributed by atoms with Gasteiger partial charge in [-0.3, -0.25) is 4.90 Å². The van der Waals surface area contributed by atoms with Gasteiger partial charge in [-0.05, 0) is 30.6 Å². The number of ether oxygens (including phenoxy) is 2. The molecular formula is C17H27NO3S. The Kier molecular flexibility index (Phi) is 6.86. The van der Waals surface area contributed by atoms with Crippen LogP contribution < -0.4 is 0 Å². The lowest BCUT2D eigenvalue weighted by atomic mass is 9.97. The average molecular weight is 325 g/mol. The molecule has 2 rings (SSSR count). The topological polar surface area (TPSA) is 44.8 Å². The van der Waals surface area contributed by atoms with E-state index in [0.717, 1.165) is 56.2 Å². The molecule has 1 unspecified atom stereocenters. The van der Waals surface area contributed by atoms with Gasteiger partial charge in [0, 0.05) is 32.5 Å². The summed E-state index contributed by atoms with van der Waals surface area (Å²) in [6.07, 6.45) is 9.05. The minimum Gasteiger partial charge on any atom is -0.617 e. The second-order valence-electron chi connectivity index (χ2n) is 5.68. The summed E-state index contributed by atoms with van der Waals surface area (Å²) in [5, 5.41) is 0. The Morgan fingerprint density at radius 1 is 1.36 bits per heavy atom. The molecule has 1 aliphatic carbocycles. The van der Waals surface area contributed by atoms with E-state index in [-0.39, 0.29) is 0 Å². The maximum atomic E-state index is 11.2.